The SMILES string of the molecule is CCCC(Nc1nc(C)cs1)c1cccs1. The highest BCUT2D eigenvalue weighted by atomic mass is 32.1. The van der Waals surface area contributed by atoms with Crippen LogP contribution in [0.3, 0.4) is 0 Å². The zero-order valence-electron chi connectivity index (χ0n) is 9.56. The highest BCUT2D eigenvalue weighted by Crippen LogP contribution is 2.28. The summed E-state index contributed by atoms with van der Waals surface area (Å²) in [6, 6.07) is 4.71. The van der Waals surface area contributed by atoms with E-state index in [4.69, 9.17) is 0 Å². The van der Waals surface area contributed by atoms with Crippen LogP contribution in [0.2, 0.25) is 0 Å². The van der Waals surface area contributed by atoms with Gasteiger partial charge in [0.05, 0.1) is 11.7 Å². The summed E-state index contributed by atoms with van der Waals surface area (Å²) < 4.78 is 0. The fraction of sp³-hybridized carbons (Fsp3) is 0.417. The van der Waals surface area contributed by atoms with Crippen LogP contribution in [-0.4, -0.2) is 4.98 Å². The monoisotopic (exact) mass is 252 g/mol. The molecule has 2 aromatic heterocycles. The number of nitrogens with one attached hydrogen (secondary N) is 1. The van der Waals surface area contributed by atoms with Gasteiger partial charge in [-0.15, -0.1) is 22.7 Å². The van der Waals surface area contributed by atoms with Crippen molar-refractivity contribution >= 4 is 27.8 Å². The number of rotatable bonds is 5. The van der Waals surface area contributed by atoms with Crippen molar-refractivity contribution in [2.45, 2.75) is 32.7 Å². The smallest absolute Gasteiger partial charge is 0.183 e. The second-order valence-electron chi connectivity index (χ2n) is 3.80. The lowest BCUT2D eigenvalue weighted by Crippen LogP contribution is -2.08. The molecule has 2 nitrogen and oxygen atoms in total. The highest BCUT2D eigenvalue weighted by Gasteiger charge is 2.12. The van der Waals surface area contributed by atoms with Crippen LogP contribution in [0.15, 0.2) is 22.9 Å². The van der Waals surface area contributed by atoms with Crippen molar-refractivity contribution in [3.8, 4) is 0 Å². The zero-order valence-corrected chi connectivity index (χ0v) is 11.2. The summed E-state index contributed by atoms with van der Waals surface area (Å²) in [5.41, 5.74) is 1.09. The van der Waals surface area contributed by atoms with Crippen molar-refractivity contribution in [2.75, 3.05) is 5.32 Å². The van der Waals surface area contributed by atoms with Gasteiger partial charge in [0, 0.05) is 10.3 Å². The van der Waals surface area contributed by atoms with Crippen molar-refractivity contribution in [3.05, 3.63) is 33.5 Å². The molecule has 0 aliphatic heterocycles. The highest BCUT2D eigenvalue weighted by molar-refractivity contribution is 7.13. The molecule has 0 aliphatic carbocycles. The fourth-order valence-corrected chi connectivity index (χ4v) is 3.19. The molecule has 1 atom stereocenters. The Morgan fingerprint density at radius 3 is 2.88 bits per heavy atom. The number of thiazole rings is 1. The Balaban J connectivity index is 2.09. The van der Waals surface area contributed by atoms with Gasteiger partial charge in [0.25, 0.3) is 0 Å². The minimum atomic E-state index is 0.413. The number of hydrogen-bond acceptors (Lipinski definition) is 4. The van der Waals surface area contributed by atoms with Crippen LogP contribution >= 0.6 is 22.7 Å². The van der Waals surface area contributed by atoms with Crippen LogP contribution in [0.25, 0.3) is 0 Å². The van der Waals surface area contributed by atoms with E-state index in [1.807, 2.05) is 18.3 Å². The van der Waals surface area contributed by atoms with Crippen molar-refractivity contribution in [1.29, 1.82) is 0 Å². The quantitative estimate of drug-likeness (QED) is 0.849. The molecule has 0 amide bonds. The van der Waals surface area contributed by atoms with Crippen LogP contribution in [0, 0.1) is 6.92 Å². The van der Waals surface area contributed by atoms with Crippen LogP contribution < -0.4 is 5.32 Å². The molecule has 0 aromatic carbocycles. The van der Waals surface area contributed by atoms with Gasteiger partial charge in [-0.05, 0) is 24.8 Å². The summed E-state index contributed by atoms with van der Waals surface area (Å²) in [5, 5.41) is 8.77. The lowest BCUT2D eigenvalue weighted by Gasteiger charge is -2.15. The van der Waals surface area contributed by atoms with Gasteiger partial charge in [-0.25, -0.2) is 4.98 Å². The normalized spacial score (nSPS) is 12.6. The van der Waals surface area contributed by atoms with E-state index in [0.29, 0.717) is 6.04 Å². The summed E-state index contributed by atoms with van der Waals surface area (Å²) in [4.78, 5) is 5.85. The Kier molecular flexibility index (Phi) is 3.96. The van der Waals surface area contributed by atoms with E-state index in [-0.39, 0.29) is 0 Å². The number of thiophene rings is 1. The molecular weight excluding hydrogens is 236 g/mol. The topological polar surface area (TPSA) is 24.9 Å². The number of anilines is 1. The van der Waals surface area contributed by atoms with Crippen LogP contribution in [0.1, 0.15) is 36.4 Å². The average Bonchev–Trinajstić information content (AvgIpc) is 2.88. The Morgan fingerprint density at radius 1 is 1.44 bits per heavy atom. The Labute approximate surface area is 104 Å². The van der Waals surface area contributed by atoms with E-state index in [9.17, 15) is 0 Å². The molecule has 4 heteroatoms. The molecule has 0 saturated carbocycles. The molecule has 0 aliphatic rings. The molecular formula is C12H16N2S2. The van der Waals surface area contributed by atoms with Crippen molar-refractivity contribution in [3.63, 3.8) is 0 Å². The Morgan fingerprint density at radius 2 is 2.31 bits per heavy atom. The van der Waals surface area contributed by atoms with Gasteiger partial charge in [0.1, 0.15) is 0 Å². The van der Waals surface area contributed by atoms with Gasteiger partial charge >= 0.3 is 0 Å². The molecule has 2 aromatic rings. The first kappa shape index (κ1) is 11.6. The number of aromatic nitrogens is 1. The molecule has 0 saturated heterocycles. The number of hydrogen-bond donors (Lipinski definition) is 1. The van der Waals surface area contributed by atoms with Gasteiger partial charge in [-0.2, -0.15) is 0 Å². The van der Waals surface area contributed by atoms with Crippen molar-refractivity contribution in [2.24, 2.45) is 0 Å². The predicted molar refractivity (Wildman–Crippen MR) is 72.4 cm³/mol. The maximum Gasteiger partial charge on any atom is 0.183 e. The van der Waals surface area contributed by atoms with Gasteiger partial charge < -0.3 is 5.32 Å². The molecule has 0 bridgehead atoms. The first-order valence-corrected chi connectivity index (χ1v) is 7.27. The van der Waals surface area contributed by atoms with Gasteiger partial charge in [0.2, 0.25) is 0 Å². The van der Waals surface area contributed by atoms with Crippen LogP contribution in [-0.2, 0) is 0 Å². The maximum atomic E-state index is 4.45. The minimum Gasteiger partial charge on any atom is -0.354 e. The molecule has 0 radical (unpaired) electrons. The second kappa shape index (κ2) is 5.46. The summed E-state index contributed by atoms with van der Waals surface area (Å²) in [6.07, 6.45) is 2.33. The third-order valence-electron chi connectivity index (χ3n) is 2.38. The molecule has 16 heavy (non-hydrogen) atoms. The zero-order chi connectivity index (χ0) is 11.4. The largest absolute Gasteiger partial charge is 0.354 e. The summed E-state index contributed by atoms with van der Waals surface area (Å²) in [7, 11) is 0. The summed E-state index contributed by atoms with van der Waals surface area (Å²) in [5.74, 6) is 0. The average molecular weight is 252 g/mol. The van der Waals surface area contributed by atoms with Gasteiger partial charge in [0.15, 0.2) is 5.13 Å². The van der Waals surface area contributed by atoms with Gasteiger partial charge in [-0.3, -0.25) is 0 Å². The number of aryl methyl sites for hydroxylation is 1. The molecule has 2 heterocycles. The maximum absolute atomic E-state index is 4.45. The van der Waals surface area contributed by atoms with E-state index in [0.717, 1.165) is 17.2 Å². The van der Waals surface area contributed by atoms with Crippen LogP contribution in [0.4, 0.5) is 5.13 Å². The lowest BCUT2D eigenvalue weighted by molar-refractivity contribution is 0.687. The van der Waals surface area contributed by atoms with E-state index < -0.39 is 0 Å². The molecule has 2 rings (SSSR count). The fourth-order valence-electron chi connectivity index (χ4n) is 1.63. The van der Waals surface area contributed by atoms with E-state index in [1.54, 1.807) is 11.3 Å². The second-order valence-corrected chi connectivity index (χ2v) is 5.63. The molecule has 1 unspecified atom stereocenters. The Bertz CT molecular complexity index is 420. The summed E-state index contributed by atoms with van der Waals surface area (Å²) in [6.45, 7) is 4.25. The van der Waals surface area contributed by atoms with E-state index in [2.05, 4.69) is 40.1 Å². The molecule has 86 valence electrons. The first-order chi connectivity index (χ1) is 7.79. The standard InChI is InChI=1S/C12H16N2S2/c1-3-5-10(11-6-4-7-15-11)14-12-13-9(2)8-16-12/h4,6-8,10H,3,5H2,1-2H3,(H,13,14). The first-order valence-electron chi connectivity index (χ1n) is 5.51. The third kappa shape index (κ3) is 2.83. The Hall–Kier alpha value is -0.870. The third-order valence-corrected chi connectivity index (χ3v) is 4.26. The number of nitrogens with zero attached hydrogens (tertiary/aromatic N) is 1. The molecule has 0 fully saturated rings. The van der Waals surface area contributed by atoms with E-state index in [1.165, 1.54) is 11.3 Å². The van der Waals surface area contributed by atoms with Gasteiger partial charge in [-0.1, -0.05) is 19.4 Å². The molecule has 0 spiro atoms. The van der Waals surface area contributed by atoms with E-state index >= 15 is 0 Å². The minimum absolute atomic E-state index is 0.413. The van der Waals surface area contributed by atoms with Crippen molar-refractivity contribution < 1.29 is 0 Å². The van der Waals surface area contributed by atoms with Crippen molar-refractivity contribution in [1.82, 2.24) is 4.98 Å². The summed E-state index contributed by atoms with van der Waals surface area (Å²) >= 11 is 3.49. The van der Waals surface area contributed by atoms with Crippen LogP contribution in [0.5, 0.6) is 0 Å². The predicted octanol–water partition coefficient (Wildman–Crippen LogP) is 4.47. The lowest BCUT2D eigenvalue weighted by atomic mass is 10.1. The molecule has 1 N–H and O–H groups in total.